The highest BCUT2D eigenvalue weighted by atomic mass is 35.5. The van der Waals surface area contributed by atoms with Crippen LogP contribution in [0.5, 0.6) is 0 Å². The molecule has 0 bridgehead atoms. The molecule has 0 unspecified atom stereocenters. The summed E-state index contributed by atoms with van der Waals surface area (Å²) >= 11 is 13.5. The Morgan fingerprint density at radius 1 is 1.12 bits per heavy atom. The first-order valence-corrected chi connectivity index (χ1v) is 8.96. The number of thiazole rings is 1. The number of nitrogens with one attached hydrogen (secondary N) is 1. The van der Waals surface area contributed by atoms with Crippen molar-refractivity contribution in [3.63, 3.8) is 0 Å². The van der Waals surface area contributed by atoms with Gasteiger partial charge in [0.05, 0.1) is 17.1 Å². The Morgan fingerprint density at radius 2 is 1.92 bits per heavy atom. The second-order valence-electron chi connectivity index (χ2n) is 5.19. The lowest BCUT2D eigenvalue weighted by molar-refractivity contribution is -0.120. The van der Waals surface area contributed by atoms with Gasteiger partial charge in [-0.25, -0.2) is 4.98 Å². The Morgan fingerprint density at radius 3 is 2.67 bits per heavy atom. The minimum absolute atomic E-state index is 0.0537. The maximum atomic E-state index is 12.1. The maximum Gasteiger partial charge on any atom is 0.227 e. The Bertz CT molecular complexity index is 849. The highest BCUT2D eigenvalue weighted by molar-refractivity contribution is 7.10. The van der Waals surface area contributed by atoms with Crippen molar-refractivity contribution >= 4 is 40.4 Å². The zero-order valence-corrected chi connectivity index (χ0v) is 15.0. The molecule has 3 rings (SSSR count). The number of hydrogen-bond acceptors (Lipinski definition) is 3. The predicted octanol–water partition coefficient (Wildman–Crippen LogP) is 4.98. The van der Waals surface area contributed by atoms with E-state index in [0.717, 1.165) is 21.8 Å². The third-order valence-corrected chi connectivity index (χ3v) is 4.80. The highest BCUT2D eigenvalue weighted by Crippen LogP contribution is 2.31. The molecule has 24 heavy (non-hydrogen) atoms. The van der Waals surface area contributed by atoms with E-state index in [-0.39, 0.29) is 12.3 Å². The summed E-state index contributed by atoms with van der Waals surface area (Å²) < 4.78 is 0. The van der Waals surface area contributed by atoms with E-state index in [0.29, 0.717) is 16.6 Å². The van der Waals surface area contributed by atoms with Crippen LogP contribution in [0.1, 0.15) is 10.6 Å². The second kappa shape index (κ2) is 7.79. The zero-order valence-electron chi connectivity index (χ0n) is 12.6. The number of rotatable bonds is 5. The van der Waals surface area contributed by atoms with Crippen LogP contribution in [0.2, 0.25) is 10.0 Å². The van der Waals surface area contributed by atoms with Gasteiger partial charge < -0.3 is 5.32 Å². The normalized spacial score (nSPS) is 10.6. The Kier molecular flexibility index (Phi) is 5.51. The van der Waals surface area contributed by atoms with Crippen LogP contribution in [-0.4, -0.2) is 10.9 Å². The van der Waals surface area contributed by atoms with Crippen molar-refractivity contribution in [1.82, 2.24) is 10.3 Å². The second-order valence-corrected chi connectivity index (χ2v) is 6.98. The number of carbonyl (C=O) groups is 1. The minimum atomic E-state index is -0.0537. The number of carbonyl (C=O) groups excluding carboxylic acids is 1. The van der Waals surface area contributed by atoms with Gasteiger partial charge in [-0.05, 0) is 23.8 Å². The fraction of sp³-hybridized carbons (Fsp3) is 0.111. The number of nitrogens with zero attached hydrogens (tertiary/aromatic N) is 1. The van der Waals surface area contributed by atoms with Crippen molar-refractivity contribution in [2.24, 2.45) is 0 Å². The molecule has 1 aromatic heterocycles. The van der Waals surface area contributed by atoms with Crippen LogP contribution in [0.4, 0.5) is 0 Å². The van der Waals surface area contributed by atoms with E-state index in [1.165, 1.54) is 11.3 Å². The Hall–Kier alpha value is -1.88. The van der Waals surface area contributed by atoms with E-state index < -0.39 is 0 Å². The van der Waals surface area contributed by atoms with Crippen molar-refractivity contribution in [2.75, 3.05) is 0 Å². The van der Waals surface area contributed by atoms with Gasteiger partial charge in [-0.15, -0.1) is 11.3 Å². The van der Waals surface area contributed by atoms with Gasteiger partial charge in [-0.3, -0.25) is 4.79 Å². The monoisotopic (exact) mass is 376 g/mol. The van der Waals surface area contributed by atoms with Crippen LogP contribution in [0.15, 0.2) is 53.9 Å². The molecule has 6 heteroatoms. The van der Waals surface area contributed by atoms with Crippen LogP contribution in [-0.2, 0) is 17.8 Å². The molecular formula is C18H14Cl2N2OS. The highest BCUT2D eigenvalue weighted by Gasteiger charge is 2.11. The van der Waals surface area contributed by atoms with E-state index in [1.807, 2.05) is 41.8 Å². The van der Waals surface area contributed by atoms with Crippen LogP contribution < -0.4 is 5.32 Å². The largest absolute Gasteiger partial charge is 0.352 e. The topological polar surface area (TPSA) is 42.0 Å². The van der Waals surface area contributed by atoms with Crippen LogP contribution in [0.25, 0.3) is 11.3 Å². The first-order chi connectivity index (χ1) is 11.6. The molecule has 0 radical (unpaired) electrons. The molecule has 0 aliphatic carbocycles. The zero-order chi connectivity index (χ0) is 16.9. The molecule has 1 heterocycles. The molecule has 0 fully saturated rings. The maximum absolute atomic E-state index is 12.1. The summed E-state index contributed by atoms with van der Waals surface area (Å²) in [4.78, 5) is 16.6. The molecule has 0 saturated carbocycles. The summed E-state index contributed by atoms with van der Waals surface area (Å²) in [6.45, 7) is 0.515. The fourth-order valence-electron chi connectivity index (χ4n) is 2.21. The van der Waals surface area contributed by atoms with Crippen molar-refractivity contribution in [2.45, 2.75) is 13.0 Å². The number of halogens is 2. The number of amides is 1. The van der Waals surface area contributed by atoms with E-state index in [1.54, 1.807) is 12.1 Å². The predicted molar refractivity (Wildman–Crippen MR) is 99.6 cm³/mol. The molecule has 1 N–H and O–H groups in total. The van der Waals surface area contributed by atoms with Crippen LogP contribution >= 0.6 is 34.5 Å². The summed E-state index contributed by atoms with van der Waals surface area (Å²) in [5, 5.41) is 6.68. The third-order valence-electron chi connectivity index (χ3n) is 3.40. The lowest BCUT2D eigenvalue weighted by atomic mass is 10.2. The van der Waals surface area contributed by atoms with Gasteiger partial charge in [0.25, 0.3) is 0 Å². The smallest absolute Gasteiger partial charge is 0.227 e. The average Bonchev–Trinajstić information content (AvgIpc) is 3.02. The number of hydrogen-bond donors (Lipinski definition) is 1. The molecule has 0 aliphatic heterocycles. The van der Waals surface area contributed by atoms with Gasteiger partial charge in [0, 0.05) is 22.5 Å². The summed E-state index contributed by atoms with van der Waals surface area (Å²) in [5.41, 5.74) is 2.64. The molecule has 1 amide bonds. The van der Waals surface area contributed by atoms with Crippen molar-refractivity contribution in [3.8, 4) is 11.3 Å². The molecule has 122 valence electrons. The number of aromatic nitrogens is 1. The summed E-state index contributed by atoms with van der Waals surface area (Å²) in [7, 11) is 0. The third kappa shape index (κ3) is 4.35. The Labute approximate surface area is 154 Å². The molecule has 0 saturated heterocycles. The van der Waals surface area contributed by atoms with Gasteiger partial charge in [0.15, 0.2) is 0 Å². The average molecular weight is 377 g/mol. The molecule has 2 aromatic carbocycles. The van der Waals surface area contributed by atoms with E-state index in [9.17, 15) is 4.79 Å². The van der Waals surface area contributed by atoms with Crippen molar-refractivity contribution < 1.29 is 4.79 Å². The minimum Gasteiger partial charge on any atom is -0.352 e. The van der Waals surface area contributed by atoms with Gasteiger partial charge in [0.1, 0.15) is 5.01 Å². The molecule has 3 aromatic rings. The summed E-state index contributed by atoms with van der Waals surface area (Å²) in [5.74, 6) is -0.0537. The lowest BCUT2D eigenvalue weighted by Gasteiger charge is -2.04. The fourth-order valence-corrected chi connectivity index (χ4v) is 3.51. The quantitative estimate of drug-likeness (QED) is 0.682. The first-order valence-electron chi connectivity index (χ1n) is 7.32. The van der Waals surface area contributed by atoms with E-state index in [4.69, 9.17) is 23.2 Å². The van der Waals surface area contributed by atoms with Gasteiger partial charge >= 0.3 is 0 Å². The summed E-state index contributed by atoms with van der Waals surface area (Å²) in [6.07, 6.45) is 0.253. The molecule has 3 nitrogen and oxygen atoms in total. The summed E-state index contributed by atoms with van der Waals surface area (Å²) in [6, 6.07) is 15.1. The van der Waals surface area contributed by atoms with Gasteiger partial charge in [-0.2, -0.15) is 0 Å². The first kappa shape index (κ1) is 17.0. The van der Waals surface area contributed by atoms with Crippen LogP contribution in [0.3, 0.4) is 0 Å². The molecule has 0 atom stereocenters. The Balaban J connectivity index is 1.62. The van der Waals surface area contributed by atoms with E-state index in [2.05, 4.69) is 10.3 Å². The van der Waals surface area contributed by atoms with Gasteiger partial charge in [0.2, 0.25) is 5.91 Å². The molecule has 0 aliphatic rings. The van der Waals surface area contributed by atoms with Gasteiger partial charge in [-0.1, -0.05) is 53.5 Å². The lowest BCUT2D eigenvalue weighted by Crippen LogP contribution is -2.24. The number of benzene rings is 2. The van der Waals surface area contributed by atoms with Crippen molar-refractivity contribution in [3.05, 3.63) is 74.5 Å². The van der Waals surface area contributed by atoms with Crippen molar-refractivity contribution in [1.29, 1.82) is 0 Å². The molecule has 0 spiro atoms. The standard InChI is InChI=1S/C18H14Cl2N2OS/c19-13-6-7-14(15(20)8-13)16-11-24-18(22-16)9-17(23)21-10-12-4-2-1-3-5-12/h1-8,11H,9-10H2,(H,21,23). The van der Waals surface area contributed by atoms with E-state index >= 15 is 0 Å². The molecular weight excluding hydrogens is 363 g/mol. The van der Waals surface area contributed by atoms with Crippen LogP contribution in [0, 0.1) is 0 Å². The SMILES string of the molecule is O=C(Cc1nc(-c2ccc(Cl)cc2Cl)cs1)NCc1ccccc1.